The molecule has 2 rings (SSSR count). The Morgan fingerprint density at radius 2 is 1.41 bits per heavy atom. The topological polar surface area (TPSA) is 34.1 Å². The Morgan fingerprint density at radius 1 is 0.882 bits per heavy atom. The Balaban J connectivity index is 2.19. The quantitative estimate of drug-likeness (QED) is 0.690. The predicted molar refractivity (Wildman–Crippen MR) is 67.5 cm³/mol. The van der Waals surface area contributed by atoms with Crippen LogP contribution in [0.4, 0.5) is 0 Å². The number of carbonyl (C=O) groups is 2. The number of hydrogen-bond acceptors (Lipinski definition) is 2. The molecule has 0 aromatic carbocycles. The largest absolute Gasteiger partial charge is 0.299 e. The van der Waals surface area contributed by atoms with Crippen LogP contribution in [0.5, 0.6) is 0 Å². The first-order valence-corrected chi connectivity index (χ1v) is 7.01. The average Bonchev–Trinajstić information content (AvgIpc) is 2.56. The van der Waals surface area contributed by atoms with Gasteiger partial charge >= 0.3 is 0 Å². The van der Waals surface area contributed by atoms with E-state index in [4.69, 9.17) is 0 Å². The molecule has 0 amide bonds. The van der Waals surface area contributed by atoms with Gasteiger partial charge in [-0.2, -0.15) is 0 Å². The zero-order valence-electron chi connectivity index (χ0n) is 11.4. The van der Waals surface area contributed by atoms with E-state index in [2.05, 4.69) is 27.7 Å². The van der Waals surface area contributed by atoms with Crippen LogP contribution in [-0.4, -0.2) is 11.6 Å². The second-order valence-electron chi connectivity index (χ2n) is 6.56. The highest BCUT2D eigenvalue weighted by Crippen LogP contribution is 2.46. The van der Waals surface area contributed by atoms with Crippen molar-refractivity contribution >= 4 is 11.6 Å². The molecular weight excluding hydrogens is 212 g/mol. The number of ketones is 2. The van der Waals surface area contributed by atoms with Crippen molar-refractivity contribution in [1.82, 2.24) is 0 Å². The van der Waals surface area contributed by atoms with Gasteiger partial charge in [-0.3, -0.25) is 9.59 Å². The van der Waals surface area contributed by atoms with Crippen LogP contribution in [0.25, 0.3) is 0 Å². The van der Waals surface area contributed by atoms with Crippen molar-refractivity contribution in [3.63, 3.8) is 0 Å². The summed E-state index contributed by atoms with van der Waals surface area (Å²) in [6.07, 6.45) is 3.03. The van der Waals surface area contributed by atoms with Crippen molar-refractivity contribution in [2.24, 2.45) is 35.5 Å². The van der Waals surface area contributed by atoms with E-state index in [-0.39, 0.29) is 29.3 Å². The summed E-state index contributed by atoms with van der Waals surface area (Å²) in [4.78, 5) is 24.7. The average molecular weight is 236 g/mol. The Hall–Kier alpha value is -0.660. The molecule has 0 aromatic heterocycles. The number of fused-ring (bicyclic) bond motifs is 1. The molecule has 0 aliphatic heterocycles. The van der Waals surface area contributed by atoms with Gasteiger partial charge in [0.15, 0.2) is 0 Å². The van der Waals surface area contributed by atoms with Crippen LogP contribution in [0.3, 0.4) is 0 Å². The van der Waals surface area contributed by atoms with E-state index in [0.29, 0.717) is 17.8 Å². The predicted octanol–water partition coefficient (Wildman–Crippen LogP) is 3.10. The number of carbonyl (C=O) groups excluding carboxylic acids is 2. The van der Waals surface area contributed by atoms with Gasteiger partial charge in [-0.1, -0.05) is 27.7 Å². The molecule has 0 heterocycles. The Bertz CT molecular complexity index is 324. The van der Waals surface area contributed by atoms with Crippen LogP contribution in [0.1, 0.15) is 47.0 Å². The lowest BCUT2D eigenvalue weighted by molar-refractivity contribution is -0.139. The molecule has 0 aromatic rings. The standard InChI is InChI=1S/C15H24O2/c1-8(2)11-6-5-10-7-12(9(3)4)15(17)13(10)14(11)16/h8-13H,5-7H2,1-4H3/t10?,11-,12+,13?/m1/s1. The summed E-state index contributed by atoms with van der Waals surface area (Å²) >= 11 is 0. The van der Waals surface area contributed by atoms with E-state index in [1.165, 1.54) is 0 Å². The van der Waals surface area contributed by atoms with Gasteiger partial charge in [0, 0.05) is 11.8 Å². The lowest BCUT2D eigenvalue weighted by Crippen LogP contribution is -2.38. The third kappa shape index (κ3) is 2.07. The van der Waals surface area contributed by atoms with Gasteiger partial charge < -0.3 is 0 Å². The molecule has 2 unspecified atom stereocenters. The summed E-state index contributed by atoms with van der Waals surface area (Å²) in [5.74, 6) is 1.66. The molecule has 17 heavy (non-hydrogen) atoms. The number of rotatable bonds is 2. The van der Waals surface area contributed by atoms with Crippen LogP contribution < -0.4 is 0 Å². The normalized spacial score (nSPS) is 38.0. The maximum absolute atomic E-state index is 12.4. The minimum absolute atomic E-state index is 0.131. The highest BCUT2D eigenvalue weighted by atomic mass is 16.2. The molecule has 96 valence electrons. The van der Waals surface area contributed by atoms with E-state index < -0.39 is 0 Å². The molecule has 0 saturated heterocycles. The summed E-state index contributed by atoms with van der Waals surface area (Å²) in [5, 5.41) is 0. The summed E-state index contributed by atoms with van der Waals surface area (Å²) < 4.78 is 0. The monoisotopic (exact) mass is 236 g/mol. The third-order valence-corrected chi connectivity index (χ3v) is 4.83. The molecule has 2 aliphatic carbocycles. The molecule has 0 spiro atoms. The first kappa shape index (κ1) is 12.8. The number of Topliss-reactive ketones (excluding diaryl/α,β-unsaturated/α-hetero) is 2. The molecule has 0 radical (unpaired) electrons. The minimum atomic E-state index is -0.247. The SMILES string of the molecule is CC(C)[C@@H]1CC2CC[C@H](C(C)C)C(=O)C2C1=O. The fraction of sp³-hybridized carbons (Fsp3) is 0.867. The van der Waals surface area contributed by atoms with Crippen LogP contribution in [0.15, 0.2) is 0 Å². The van der Waals surface area contributed by atoms with E-state index in [9.17, 15) is 9.59 Å². The highest BCUT2D eigenvalue weighted by Gasteiger charge is 2.50. The summed E-state index contributed by atoms with van der Waals surface area (Å²) in [7, 11) is 0. The van der Waals surface area contributed by atoms with Crippen molar-refractivity contribution in [1.29, 1.82) is 0 Å². The molecular formula is C15H24O2. The van der Waals surface area contributed by atoms with Crippen LogP contribution in [0, 0.1) is 35.5 Å². The van der Waals surface area contributed by atoms with Gasteiger partial charge in [-0.15, -0.1) is 0 Å². The fourth-order valence-corrected chi connectivity index (χ4v) is 3.73. The van der Waals surface area contributed by atoms with Crippen molar-refractivity contribution in [2.45, 2.75) is 47.0 Å². The fourth-order valence-electron chi connectivity index (χ4n) is 3.73. The second-order valence-corrected chi connectivity index (χ2v) is 6.56. The molecule has 2 saturated carbocycles. The molecule has 4 atom stereocenters. The van der Waals surface area contributed by atoms with E-state index >= 15 is 0 Å². The van der Waals surface area contributed by atoms with Crippen LogP contribution >= 0.6 is 0 Å². The smallest absolute Gasteiger partial charge is 0.146 e. The Labute approximate surface area is 104 Å². The van der Waals surface area contributed by atoms with Gasteiger partial charge in [0.25, 0.3) is 0 Å². The van der Waals surface area contributed by atoms with Crippen molar-refractivity contribution in [3.05, 3.63) is 0 Å². The zero-order chi connectivity index (χ0) is 12.7. The summed E-state index contributed by atoms with van der Waals surface area (Å²) in [6.45, 7) is 8.40. The minimum Gasteiger partial charge on any atom is -0.299 e. The first-order valence-electron chi connectivity index (χ1n) is 7.01. The highest BCUT2D eigenvalue weighted by molar-refractivity contribution is 6.06. The second kappa shape index (κ2) is 4.55. The zero-order valence-corrected chi connectivity index (χ0v) is 11.4. The number of hydrogen-bond donors (Lipinski definition) is 0. The van der Waals surface area contributed by atoms with E-state index in [0.717, 1.165) is 19.3 Å². The Kier molecular flexibility index (Phi) is 3.42. The molecule has 2 fully saturated rings. The van der Waals surface area contributed by atoms with Gasteiger partial charge in [0.2, 0.25) is 0 Å². The summed E-state index contributed by atoms with van der Waals surface area (Å²) in [6, 6.07) is 0. The van der Waals surface area contributed by atoms with Gasteiger partial charge in [0.05, 0.1) is 5.92 Å². The Morgan fingerprint density at radius 3 is 1.94 bits per heavy atom. The van der Waals surface area contributed by atoms with Gasteiger partial charge in [-0.05, 0) is 37.0 Å². The van der Waals surface area contributed by atoms with E-state index in [1.54, 1.807) is 0 Å². The first-order chi connectivity index (χ1) is 7.93. The molecule has 0 bridgehead atoms. The maximum atomic E-state index is 12.4. The van der Waals surface area contributed by atoms with Gasteiger partial charge in [0.1, 0.15) is 11.6 Å². The van der Waals surface area contributed by atoms with E-state index in [1.807, 2.05) is 0 Å². The molecule has 0 N–H and O–H groups in total. The lowest BCUT2D eigenvalue weighted by Gasteiger charge is -2.31. The van der Waals surface area contributed by atoms with Crippen molar-refractivity contribution in [2.75, 3.05) is 0 Å². The van der Waals surface area contributed by atoms with Crippen LogP contribution in [-0.2, 0) is 9.59 Å². The summed E-state index contributed by atoms with van der Waals surface area (Å²) in [5.41, 5.74) is 0. The lowest BCUT2D eigenvalue weighted by atomic mass is 9.71. The van der Waals surface area contributed by atoms with Crippen molar-refractivity contribution < 1.29 is 9.59 Å². The molecule has 2 aliphatic rings. The maximum Gasteiger partial charge on any atom is 0.146 e. The van der Waals surface area contributed by atoms with Crippen molar-refractivity contribution in [3.8, 4) is 0 Å². The van der Waals surface area contributed by atoms with Crippen LogP contribution in [0.2, 0.25) is 0 Å². The third-order valence-electron chi connectivity index (χ3n) is 4.83. The van der Waals surface area contributed by atoms with Gasteiger partial charge in [-0.25, -0.2) is 0 Å². The molecule has 2 nitrogen and oxygen atoms in total. The molecule has 2 heteroatoms.